The number of hydrogen-bond donors (Lipinski definition) is 1. The van der Waals surface area contributed by atoms with Crippen molar-refractivity contribution in [1.82, 2.24) is 19.7 Å². The number of aromatic nitrogens is 4. The van der Waals surface area contributed by atoms with Crippen LogP contribution in [0.3, 0.4) is 0 Å². The zero-order valence-electron chi connectivity index (χ0n) is 14.4. The van der Waals surface area contributed by atoms with Crippen LogP contribution >= 0.6 is 0 Å². The van der Waals surface area contributed by atoms with E-state index in [4.69, 9.17) is 4.74 Å². The van der Waals surface area contributed by atoms with E-state index in [1.54, 1.807) is 29.3 Å². The summed E-state index contributed by atoms with van der Waals surface area (Å²) in [4.78, 5) is 20.1. The summed E-state index contributed by atoms with van der Waals surface area (Å²) in [6, 6.07) is 13.8. The summed E-state index contributed by atoms with van der Waals surface area (Å²) in [5.74, 6) is 0.597. The van der Waals surface area contributed by atoms with Gasteiger partial charge in [0.05, 0.1) is 18.5 Å². The number of amides is 1. The number of ether oxygens (including phenoxy) is 1. The van der Waals surface area contributed by atoms with Crippen molar-refractivity contribution < 1.29 is 9.53 Å². The van der Waals surface area contributed by atoms with Gasteiger partial charge >= 0.3 is 0 Å². The van der Waals surface area contributed by atoms with Gasteiger partial charge in [-0.15, -0.1) is 0 Å². The third-order valence-corrected chi connectivity index (χ3v) is 3.76. The van der Waals surface area contributed by atoms with Crippen LogP contribution in [0.15, 0.2) is 61.3 Å². The molecule has 0 aliphatic carbocycles. The van der Waals surface area contributed by atoms with Crippen molar-refractivity contribution in [2.45, 2.75) is 19.3 Å². The number of anilines is 1. The minimum atomic E-state index is -0.0491. The Kier molecular flexibility index (Phi) is 6.44. The van der Waals surface area contributed by atoms with E-state index in [9.17, 15) is 4.79 Å². The van der Waals surface area contributed by atoms with Crippen LogP contribution in [0.1, 0.15) is 18.4 Å². The van der Waals surface area contributed by atoms with Crippen molar-refractivity contribution in [3.8, 4) is 5.82 Å². The second-order valence-corrected chi connectivity index (χ2v) is 5.74. The van der Waals surface area contributed by atoms with Crippen LogP contribution in [0.5, 0.6) is 0 Å². The topological polar surface area (TPSA) is 81.9 Å². The van der Waals surface area contributed by atoms with Gasteiger partial charge in [-0.05, 0) is 30.5 Å². The van der Waals surface area contributed by atoms with E-state index in [0.717, 1.165) is 6.42 Å². The third kappa shape index (κ3) is 5.49. The summed E-state index contributed by atoms with van der Waals surface area (Å²) in [5.41, 5.74) is 1.91. The van der Waals surface area contributed by atoms with Gasteiger partial charge < -0.3 is 10.1 Å². The second-order valence-electron chi connectivity index (χ2n) is 5.74. The summed E-state index contributed by atoms with van der Waals surface area (Å²) in [5, 5.41) is 6.83. The molecule has 1 amide bonds. The van der Waals surface area contributed by atoms with Gasteiger partial charge in [-0.25, -0.2) is 14.6 Å². The van der Waals surface area contributed by atoms with E-state index in [0.29, 0.717) is 37.6 Å². The Morgan fingerprint density at radius 3 is 2.73 bits per heavy atom. The molecule has 0 radical (unpaired) electrons. The zero-order chi connectivity index (χ0) is 18.0. The smallest absolute Gasteiger partial charge is 0.224 e. The normalized spacial score (nSPS) is 10.6. The van der Waals surface area contributed by atoms with Crippen LogP contribution in [0.25, 0.3) is 5.82 Å². The monoisotopic (exact) mass is 351 g/mol. The molecule has 0 atom stereocenters. The number of nitrogens with one attached hydrogen (secondary N) is 1. The summed E-state index contributed by atoms with van der Waals surface area (Å²) < 4.78 is 7.14. The van der Waals surface area contributed by atoms with Crippen LogP contribution < -0.4 is 5.32 Å². The summed E-state index contributed by atoms with van der Waals surface area (Å²) in [6.45, 7) is 1.24. The van der Waals surface area contributed by atoms with Crippen LogP contribution in [0.4, 0.5) is 5.69 Å². The Morgan fingerprint density at radius 2 is 2.00 bits per heavy atom. The number of carbonyl (C=O) groups is 1. The lowest BCUT2D eigenvalue weighted by Crippen LogP contribution is -2.13. The molecule has 7 nitrogen and oxygen atoms in total. The Morgan fingerprint density at radius 1 is 1.12 bits per heavy atom. The summed E-state index contributed by atoms with van der Waals surface area (Å²) in [7, 11) is 0. The lowest BCUT2D eigenvalue weighted by atomic mass is 10.2. The van der Waals surface area contributed by atoms with Crippen LogP contribution in [0.2, 0.25) is 0 Å². The molecule has 0 aliphatic heterocycles. The standard InChI is InChI=1S/C19H21N5O2/c25-19(7-4-11-26-12-10-16-5-2-1-3-6-16)23-17-8-9-18(21-13-17)24-15-20-14-22-24/h1-3,5-6,8-9,13-15H,4,7,10-12H2,(H,23,25). The number of benzene rings is 1. The maximum atomic E-state index is 12.0. The molecule has 0 saturated carbocycles. The van der Waals surface area contributed by atoms with E-state index < -0.39 is 0 Å². The molecular weight excluding hydrogens is 330 g/mol. The average Bonchev–Trinajstić information content (AvgIpc) is 3.21. The van der Waals surface area contributed by atoms with Gasteiger partial charge in [-0.1, -0.05) is 30.3 Å². The molecule has 7 heteroatoms. The maximum absolute atomic E-state index is 12.0. The molecule has 0 spiro atoms. The maximum Gasteiger partial charge on any atom is 0.224 e. The molecule has 26 heavy (non-hydrogen) atoms. The number of pyridine rings is 1. The second kappa shape index (κ2) is 9.43. The first kappa shape index (κ1) is 17.8. The van der Waals surface area contributed by atoms with Crippen molar-refractivity contribution >= 4 is 11.6 Å². The lowest BCUT2D eigenvalue weighted by Gasteiger charge is -2.07. The van der Waals surface area contributed by atoms with Crippen molar-refractivity contribution in [2.24, 2.45) is 0 Å². The molecule has 0 bridgehead atoms. The first-order valence-electron chi connectivity index (χ1n) is 8.54. The fourth-order valence-corrected chi connectivity index (χ4v) is 2.42. The molecule has 3 aromatic rings. The first-order chi connectivity index (χ1) is 12.8. The van der Waals surface area contributed by atoms with E-state index in [1.807, 2.05) is 18.2 Å². The van der Waals surface area contributed by atoms with Crippen LogP contribution in [-0.4, -0.2) is 38.9 Å². The van der Waals surface area contributed by atoms with Crippen LogP contribution in [0, 0.1) is 0 Å². The van der Waals surface area contributed by atoms with E-state index in [-0.39, 0.29) is 5.91 Å². The van der Waals surface area contributed by atoms with Gasteiger partial charge in [0.2, 0.25) is 5.91 Å². The van der Waals surface area contributed by atoms with Crippen molar-refractivity contribution in [3.63, 3.8) is 0 Å². The molecule has 0 saturated heterocycles. The highest BCUT2D eigenvalue weighted by atomic mass is 16.5. The van der Waals surface area contributed by atoms with Crippen LogP contribution in [-0.2, 0) is 16.0 Å². The molecule has 0 aliphatic rings. The fraction of sp³-hybridized carbons (Fsp3) is 0.263. The third-order valence-electron chi connectivity index (χ3n) is 3.76. The van der Waals surface area contributed by atoms with Crippen molar-refractivity contribution in [1.29, 1.82) is 0 Å². The molecule has 2 aromatic heterocycles. The molecule has 1 aromatic carbocycles. The SMILES string of the molecule is O=C(CCCOCCc1ccccc1)Nc1ccc(-n2cncn2)nc1. The number of hydrogen-bond acceptors (Lipinski definition) is 5. The summed E-state index contributed by atoms with van der Waals surface area (Å²) in [6.07, 6.45) is 6.60. The Bertz CT molecular complexity index is 789. The molecule has 0 unspecified atom stereocenters. The van der Waals surface area contributed by atoms with E-state index >= 15 is 0 Å². The first-order valence-corrected chi connectivity index (χ1v) is 8.54. The molecule has 0 fully saturated rings. The number of rotatable bonds is 9. The summed E-state index contributed by atoms with van der Waals surface area (Å²) >= 11 is 0. The minimum absolute atomic E-state index is 0.0491. The molecule has 2 heterocycles. The Balaban J connectivity index is 1.31. The zero-order valence-corrected chi connectivity index (χ0v) is 14.4. The Labute approximate surface area is 152 Å². The number of nitrogens with zero attached hydrogens (tertiary/aromatic N) is 4. The van der Waals surface area contributed by atoms with Gasteiger partial charge in [-0.3, -0.25) is 4.79 Å². The van der Waals surface area contributed by atoms with E-state index in [2.05, 4.69) is 32.5 Å². The quantitative estimate of drug-likeness (QED) is 0.599. The predicted octanol–water partition coefficient (Wildman–Crippen LogP) is 2.64. The largest absolute Gasteiger partial charge is 0.381 e. The van der Waals surface area contributed by atoms with Crippen molar-refractivity contribution in [2.75, 3.05) is 18.5 Å². The predicted molar refractivity (Wildman–Crippen MR) is 98.0 cm³/mol. The molecule has 3 rings (SSSR count). The van der Waals surface area contributed by atoms with Gasteiger partial charge in [0.1, 0.15) is 12.7 Å². The average molecular weight is 351 g/mol. The van der Waals surface area contributed by atoms with Gasteiger partial charge in [-0.2, -0.15) is 5.10 Å². The highest BCUT2D eigenvalue weighted by Gasteiger charge is 2.04. The molecule has 1 N–H and O–H groups in total. The Hall–Kier alpha value is -3.06. The van der Waals surface area contributed by atoms with Gasteiger partial charge in [0.15, 0.2) is 5.82 Å². The lowest BCUT2D eigenvalue weighted by molar-refractivity contribution is -0.116. The minimum Gasteiger partial charge on any atom is -0.381 e. The highest BCUT2D eigenvalue weighted by Crippen LogP contribution is 2.09. The van der Waals surface area contributed by atoms with E-state index in [1.165, 1.54) is 11.9 Å². The van der Waals surface area contributed by atoms with Gasteiger partial charge in [0.25, 0.3) is 0 Å². The van der Waals surface area contributed by atoms with Crippen molar-refractivity contribution in [3.05, 3.63) is 66.9 Å². The van der Waals surface area contributed by atoms with Gasteiger partial charge in [0, 0.05) is 13.0 Å². The number of carbonyl (C=O) groups excluding carboxylic acids is 1. The molecular formula is C19H21N5O2. The highest BCUT2D eigenvalue weighted by molar-refractivity contribution is 5.90. The molecule has 134 valence electrons. The fourth-order valence-electron chi connectivity index (χ4n) is 2.42.